The number of carbonyl (C=O) groups is 1. The van der Waals surface area contributed by atoms with E-state index in [9.17, 15) is 4.79 Å². The van der Waals surface area contributed by atoms with Crippen molar-refractivity contribution in [2.45, 2.75) is 31.8 Å². The SMILES string of the molecule is COc1ccc([C@@H]2CN(Cc3noc(C)n3)CC[C@H]2NC(=O)Nc2ccc(Cl)cc2)nc1. The number of carbonyl (C=O) groups excluding carboxylic acids is 1. The average molecular weight is 457 g/mol. The number of methoxy groups -OCH3 is 1. The Kier molecular flexibility index (Phi) is 6.87. The Morgan fingerprint density at radius 3 is 2.75 bits per heavy atom. The second kappa shape index (κ2) is 9.97. The number of pyridine rings is 1. The lowest BCUT2D eigenvalue weighted by Gasteiger charge is -2.38. The van der Waals surface area contributed by atoms with Crippen LogP contribution in [0.2, 0.25) is 5.02 Å². The zero-order chi connectivity index (χ0) is 22.5. The zero-order valence-electron chi connectivity index (χ0n) is 17.9. The fraction of sp³-hybridized carbons (Fsp3) is 0.364. The number of urea groups is 1. The summed E-state index contributed by atoms with van der Waals surface area (Å²) in [6.07, 6.45) is 2.45. The molecule has 1 aliphatic heterocycles. The molecule has 0 saturated carbocycles. The minimum Gasteiger partial charge on any atom is -0.495 e. The first-order valence-electron chi connectivity index (χ1n) is 10.3. The van der Waals surface area contributed by atoms with Gasteiger partial charge in [-0.3, -0.25) is 9.88 Å². The van der Waals surface area contributed by atoms with Gasteiger partial charge < -0.3 is 19.9 Å². The highest BCUT2D eigenvalue weighted by molar-refractivity contribution is 6.30. The summed E-state index contributed by atoms with van der Waals surface area (Å²) in [5.74, 6) is 1.87. The monoisotopic (exact) mass is 456 g/mol. The first-order valence-corrected chi connectivity index (χ1v) is 10.7. The molecule has 10 heteroatoms. The maximum atomic E-state index is 12.7. The lowest BCUT2D eigenvalue weighted by Crippen LogP contribution is -2.50. The van der Waals surface area contributed by atoms with Gasteiger partial charge in [0, 0.05) is 48.4 Å². The van der Waals surface area contributed by atoms with Crippen molar-refractivity contribution >= 4 is 23.3 Å². The van der Waals surface area contributed by atoms with Gasteiger partial charge in [0.25, 0.3) is 0 Å². The molecule has 1 fully saturated rings. The highest BCUT2D eigenvalue weighted by Crippen LogP contribution is 2.28. The second-order valence-electron chi connectivity index (χ2n) is 7.69. The number of ether oxygens (including phenoxy) is 1. The van der Waals surface area contributed by atoms with Crippen LogP contribution in [0.1, 0.15) is 29.7 Å². The second-order valence-corrected chi connectivity index (χ2v) is 8.13. The number of aromatic nitrogens is 3. The van der Waals surface area contributed by atoms with Crippen molar-refractivity contribution in [2.24, 2.45) is 0 Å². The number of anilines is 1. The van der Waals surface area contributed by atoms with Gasteiger partial charge >= 0.3 is 6.03 Å². The van der Waals surface area contributed by atoms with Crippen LogP contribution in [0, 0.1) is 6.92 Å². The van der Waals surface area contributed by atoms with Crippen LogP contribution < -0.4 is 15.4 Å². The van der Waals surface area contributed by atoms with Crippen molar-refractivity contribution in [3.8, 4) is 5.75 Å². The van der Waals surface area contributed by atoms with Gasteiger partial charge in [-0.15, -0.1) is 0 Å². The molecule has 9 nitrogen and oxygen atoms in total. The van der Waals surface area contributed by atoms with E-state index in [-0.39, 0.29) is 18.0 Å². The van der Waals surface area contributed by atoms with E-state index in [2.05, 4.69) is 30.7 Å². The molecule has 0 radical (unpaired) electrons. The van der Waals surface area contributed by atoms with Crippen molar-refractivity contribution in [1.29, 1.82) is 0 Å². The van der Waals surface area contributed by atoms with Gasteiger partial charge in [-0.1, -0.05) is 16.8 Å². The molecular formula is C22H25ClN6O3. The Morgan fingerprint density at radius 1 is 1.28 bits per heavy atom. The van der Waals surface area contributed by atoms with Crippen LogP contribution >= 0.6 is 11.6 Å². The van der Waals surface area contributed by atoms with E-state index in [1.54, 1.807) is 44.5 Å². The predicted octanol–water partition coefficient (Wildman–Crippen LogP) is 3.61. The summed E-state index contributed by atoms with van der Waals surface area (Å²) in [6.45, 7) is 3.83. The molecule has 2 atom stereocenters. The largest absolute Gasteiger partial charge is 0.495 e. The van der Waals surface area contributed by atoms with Crippen molar-refractivity contribution < 1.29 is 14.1 Å². The van der Waals surface area contributed by atoms with Crippen LogP contribution in [0.5, 0.6) is 5.75 Å². The fourth-order valence-corrected chi connectivity index (χ4v) is 3.97. The number of amides is 2. The molecule has 32 heavy (non-hydrogen) atoms. The first kappa shape index (κ1) is 22.0. The number of halogens is 1. The van der Waals surface area contributed by atoms with Crippen LogP contribution in [-0.2, 0) is 6.54 Å². The Hall–Kier alpha value is -3.17. The van der Waals surface area contributed by atoms with E-state index in [1.807, 2.05) is 12.1 Å². The Labute approximate surface area is 191 Å². The highest BCUT2D eigenvalue weighted by atomic mass is 35.5. The number of likely N-dealkylation sites (tertiary alicyclic amines) is 1. The molecule has 0 spiro atoms. The number of nitrogens with zero attached hydrogens (tertiary/aromatic N) is 4. The molecule has 2 N–H and O–H groups in total. The zero-order valence-corrected chi connectivity index (χ0v) is 18.7. The molecule has 168 valence electrons. The number of benzene rings is 1. The molecule has 3 heterocycles. The van der Waals surface area contributed by atoms with Crippen LogP contribution in [-0.4, -0.2) is 52.3 Å². The van der Waals surface area contributed by atoms with Crippen molar-refractivity contribution in [3.05, 3.63) is 65.0 Å². The molecule has 3 aromatic rings. The van der Waals surface area contributed by atoms with Crippen LogP contribution in [0.15, 0.2) is 47.1 Å². The molecule has 1 saturated heterocycles. The average Bonchev–Trinajstić information content (AvgIpc) is 3.21. The molecular weight excluding hydrogens is 432 g/mol. The highest BCUT2D eigenvalue weighted by Gasteiger charge is 2.33. The maximum absolute atomic E-state index is 12.7. The number of hydrogen-bond donors (Lipinski definition) is 2. The summed E-state index contributed by atoms with van der Waals surface area (Å²) in [5, 5.41) is 10.6. The van der Waals surface area contributed by atoms with Crippen LogP contribution in [0.4, 0.5) is 10.5 Å². The van der Waals surface area contributed by atoms with E-state index in [4.69, 9.17) is 20.9 Å². The van der Waals surface area contributed by atoms with Crippen molar-refractivity contribution in [1.82, 2.24) is 25.3 Å². The molecule has 2 aromatic heterocycles. The van der Waals surface area contributed by atoms with Gasteiger partial charge in [0.05, 0.1) is 19.9 Å². The minimum absolute atomic E-state index is 0.0152. The predicted molar refractivity (Wildman–Crippen MR) is 120 cm³/mol. The third-order valence-corrected chi connectivity index (χ3v) is 5.68. The van der Waals surface area contributed by atoms with Crippen molar-refractivity contribution in [2.75, 3.05) is 25.5 Å². The summed E-state index contributed by atoms with van der Waals surface area (Å²) in [7, 11) is 1.61. The molecule has 4 rings (SSSR count). The number of hydrogen-bond acceptors (Lipinski definition) is 7. The number of rotatable bonds is 6. The van der Waals surface area contributed by atoms with Crippen molar-refractivity contribution in [3.63, 3.8) is 0 Å². The Morgan fingerprint density at radius 2 is 2.09 bits per heavy atom. The summed E-state index contributed by atoms with van der Waals surface area (Å²) in [6, 6.07) is 10.5. The molecule has 1 aromatic carbocycles. The number of aryl methyl sites for hydroxylation is 1. The van der Waals surface area contributed by atoms with Gasteiger partial charge in [-0.25, -0.2) is 4.79 Å². The maximum Gasteiger partial charge on any atom is 0.319 e. The smallest absolute Gasteiger partial charge is 0.319 e. The first-order chi connectivity index (χ1) is 15.5. The van der Waals surface area contributed by atoms with Gasteiger partial charge in [0.2, 0.25) is 5.89 Å². The van der Waals surface area contributed by atoms with Gasteiger partial charge in [0.1, 0.15) is 5.75 Å². The molecule has 0 bridgehead atoms. The van der Waals surface area contributed by atoms with Gasteiger partial charge in [-0.05, 0) is 42.8 Å². The Bertz CT molecular complexity index is 1040. The molecule has 2 amide bonds. The minimum atomic E-state index is -0.266. The summed E-state index contributed by atoms with van der Waals surface area (Å²) >= 11 is 5.92. The number of piperidine rings is 1. The Balaban J connectivity index is 1.47. The standard InChI is InChI=1S/C22H25ClN6O3/c1-14-25-21(28-32-14)13-29-10-9-20(18(12-29)19-8-7-17(31-2)11-24-19)27-22(30)26-16-5-3-15(23)4-6-16/h3-8,11,18,20H,9-10,12-13H2,1-2H3,(H2,26,27,30)/t18-,20+/m0/s1. The normalized spacial score (nSPS) is 18.8. The van der Waals surface area contributed by atoms with E-state index >= 15 is 0 Å². The lowest BCUT2D eigenvalue weighted by atomic mass is 9.88. The number of nitrogens with one attached hydrogen (secondary N) is 2. The third kappa shape index (κ3) is 5.54. The van der Waals surface area contributed by atoms with Crippen LogP contribution in [0.25, 0.3) is 0 Å². The molecule has 1 aliphatic rings. The summed E-state index contributed by atoms with van der Waals surface area (Å²) in [5.41, 5.74) is 1.56. The van der Waals surface area contributed by atoms with E-state index in [1.165, 1.54) is 0 Å². The summed E-state index contributed by atoms with van der Waals surface area (Å²) in [4.78, 5) is 23.8. The summed E-state index contributed by atoms with van der Waals surface area (Å²) < 4.78 is 10.3. The van der Waals surface area contributed by atoms with Gasteiger partial charge in [-0.2, -0.15) is 4.98 Å². The lowest BCUT2D eigenvalue weighted by molar-refractivity contribution is 0.162. The van der Waals surface area contributed by atoms with E-state index < -0.39 is 0 Å². The fourth-order valence-electron chi connectivity index (χ4n) is 3.84. The third-order valence-electron chi connectivity index (χ3n) is 5.42. The van der Waals surface area contributed by atoms with E-state index in [0.29, 0.717) is 41.3 Å². The topological polar surface area (TPSA) is 105 Å². The van der Waals surface area contributed by atoms with Crippen LogP contribution in [0.3, 0.4) is 0 Å². The molecule has 0 unspecified atom stereocenters. The van der Waals surface area contributed by atoms with E-state index in [0.717, 1.165) is 18.7 Å². The molecule has 0 aliphatic carbocycles. The quantitative estimate of drug-likeness (QED) is 0.583. The van der Waals surface area contributed by atoms with Gasteiger partial charge in [0.15, 0.2) is 5.82 Å².